The van der Waals surface area contributed by atoms with Crippen molar-refractivity contribution in [1.29, 1.82) is 0 Å². The Hall–Kier alpha value is -1.91. The van der Waals surface area contributed by atoms with Gasteiger partial charge in [-0.15, -0.1) is 0 Å². The third kappa shape index (κ3) is 2.40. The van der Waals surface area contributed by atoms with E-state index in [-0.39, 0.29) is 5.91 Å². The Morgan fingerprint density at radius 3 is 2.90 bits per heavy atom. The van der Waals surface area contributed by atoms with Crippen LogP contribution in [-0.4, -0.2) is 10.9 Å². The third-order valence-corrected chi connectivity index (χ3v) is 3.76. The largest absolute Gasteiger partial charge is 0.467 e. The Balaban J connectivity index is 1.83. The van der Waals surface area contributed by atoms with E-state index in [0.717, 1.165) is 10.9 Å². The maximum Gasteiger partial charge on any atom is 0.268 e. The minimum absolute atomic E-state index is 0.232. The molecule has 0 aliphatic rings. The van der Waals surface area contributed by atoms with Crippen LogP contribution in [0.1, 0.15) is 16.2 Å². The van der Waals surface area contributed by atoms with Crippen LogP contribution in [0.3, 0.4) is 0 Å². The minimum Gasteiger partial charge on any atom is -0.467 e. The van der Waals surface area contributed by atoms with Crippen molar-refractivity contribution in [2.45, 2.75) is 6.54 Å². The maximum atomic E-state index is 12.0. The van der Waals surface area contributed by atoms with Crippen LogP contribution in [0.2, 0.25) is 10.0 Å². The topological polar surface area (TPSA) is 58.0 Å². The fourth-order valence-electron chi connectivity index (χ4n) is 1.94. The number of carbonyl (C=O) groups excluding carboxylic acids is 1. The zero-order chi connectivity index (χ0) is 14.1. The van der Waals surface area contributed by atoms with E-state index in [9.17, 15) is 4.79 Å². The molecule has 0 atom stereocenters. The molecule has 20 heavy (non-hydrogen) atoms. The molecule has 6 heteroatoms. The summed E-state index contributed by atoms with van der Waals surface area (Å²) in [5, 5.41) is 4.38. The number of benzene rings is 1. The van der Waals surface area contributed by atoms with Gasteiger partial charge < -0.3 is 14.7 Å². The first-order valence-electron chi connectivity index (χ1n) is 5.92. The van der Waals surface area contributed by atoms with E-state index in [4.69, 9.17) is 27.6 Å². The van der Waals surface area contributed by atoms with Gasteiger partial charge in [0.05, 0.1) is 22.9 Å². The summed E-state index contributed by atoms with van der Waals surface area (Å²) in [6.45, 7) is 0.329. The van der Waals surface area contributed by atoms with Crippen LogP contribution in [0, 0.1) is 0 Å². The molecule has 0 aliphatic carbocycles. The van der Waals surface area contributed by atoms with Gasteiger partial charge in [-0.25, -0.2) is 0 Å². The number of H-pyrrole nitrogens is 1. The Morgan fingerprint density at radius 1 is 1.30 bits per heavy atom. The van der Waals surface area contributed by atoms with Gasteiger partial charge >= 0.3 is 0 Å². The average molecular weight is 309 g/mol. The molecular weight excluding hydrogens is 299 g/mol. The normalized spacial score (nSPS) is 10.9. The van der Waals surface area contributed by atoms with E-state index in [0.29, 0.717) is 28.0 Å². The maximum absolute atomic E-state index is 12.0. The molecule has 2 heterocycles. The molecule has 0 radical (unpaired) electrons. The zero-order valence-electron chi connectivity index (χ0n) is 10.2. The highest BCUT2D eigenvalue weighted by atomic mass is 35.5. The van der Waals surface area contributed by atoms with Crippen LogP contribution >= 0.6 is 23.2 Å². The van der Waals surface area contributed by atoms with Gasteiger partial charge in [-0.1, -0.05) is 23.2 Å². The highest BCUT2D eigenvalue weighted by molar-refractivity contribution is 6.45. The number of furan rings is 1. The molecule has 0 saturated carbocycles. The summed E-state index contributed by atoms with van der Waals surface area (Å²) in [4.78, 5) is 15.1. The second-order valence-corrected chi connectivity index (χ2v) is 5.05. The zero-order valence-corrected chi connectivity index (χ0v) is 11.8. The van der Waals surface area contributed by atoms with Gasteiger partial charge in [-0.3, -0.25) is 4.79 Å². The molecule has 0 fully saturated rings. The number of carbonyl (C=O) groups is 1. The fourth-order valence-corrected chi connectivity index (χ4v) is 2.32. The van der Waals surface area contributed by atoms with Crippen molar-refractivity contribution in [3.63, 3.8) is 0 Å². The number of aromatic nitrogens is 1. The van der Waals surface area contributed by atoms with Crippen LogP contribution in [0.15, 0.2) is 41.0 Å². The van der Waals surface area contributed by atoms with Crippen molar-refractivity contribution in [3.8, 4) is 0 Å². The summed E-state index contributed by atoms with van der Waals surface area (Å²) in [5.74, 6) is 0.459. The number of rotatable bonds is 3. The number of fused-ring (bicyclic) bond motifs is 1. The molecule has 1 aromatic carbocycles. The predicted molar refractivity (Wildman–Crippen MR) is 78.2 cm³/mol. The molecule has 2 N–H and O–H groups in total. The van der Waals surface area contributed by atoms with Crippen molar-refractivity contribution in [2.24, 2.45) is 0 Å². The summed E-state index contributed by atoms with van der Waals surface area (Å²) >= 11 is 12.1. The lowest BCUT2D eigenvalue weighted by atomic mass is 10.2. The summed E-state index contributed by atoms with van der Waals surface area (Å²) in [5.41, 5.74) is 1.19. The van der Waals surface area contributed by atoms with Gasteiger partial charge in [-0.2, -0.15) is 0 Å². The number of amides is 1. The minimum atomic E-state index is -0.232. The highest BCUT2D eigenvalue weighted by Crippen LogP contribution is 2.31. The quantitative estimate of drug-likeness (QED) is 0.768. The molecular formula is C14H10Cl2N2O2. The number of hydrogen-bond donors (Lipinski definition) is 2. The molecule has 3 rings (SSSR count). The summed E-state index contributed by atoms with van der Waals surface area (Å²) in [6, 6.07) is 8.72. The van der Waals surface area contributed by atoms with Gasteiger partial charge in [0.25, 0.3) is 5.91 Å². The van der Waals surface area contributed by atoms with Gasteiger partial charge in [0, 0.05) is 10.9 Å². The van der Waals surface area contributed by atoms with Gasteiger partial charge in [0.2, 0.25) is 0 Å². The number of aromatic amines is 1. The van der Waals surface area contributed by atoms with Gasteiger partial charge in [0.1, 0.15) is 11.5 Å². The van der Waals surface area contributed by atoms with Gasteiger partial charge in [0.15, 0.2) is 0 Å². The highest BCUT2D eigenvalue weighted by Gasteiger charge is 2.12. The first kappa shape index (κ1) is 13.1. The molecule has 0 spiro atoms. The van der Waals surface area contributed by atoms with E-state index >= 15 is 0 Å². The molecule has 0 saturated heterocycles. The van der Waals surface area contributed by atoms with Crippen LogP contribution < -0.4 is 5.32 Å². The predicted octanol–water partition coefficient (Wildman–Crippen LogP) is 4.00. The summed E-state index contributed by atoms with van der Waals surface area (Å²) < 4.78 is 5.15. The van der Waals surface area contributed by atoms with E-state index < -0.39 is 0 Å². The number of hydrogen-bond acceptors (Lipinski definition) is 2. The summed E-state index contributed by atoms with van der Waals surface area (Å²) in [6.07, 6.45) is 1.56. The Bertz CT molecular complexity index is 763. The van der Waals surface area contributed by atoms with E-state index in [1.807, 2.05) is 0 Å². The molecule has 0 unspecified atom stereocenters. The molecule has 0 bridgehead atoms. The van der Waals surface area contributed by atoms with Crippen molar-refractivity contribution in [1.82, 2.24) is 10.3 Å². The fraction of sp³-hybridized carbons (Fsp3) is 0.0714. The van der Waals surface area contributed by atoms with Crippen LogP contribution in [-0.2, 0) is 6.54 Å². The molecule has 2 aromatic heterocycles. The van der Waals surface area contributed by atoms with E-state index in [1.54, 1.807) is 36.6 Å². The molecule has 4 nitrogen and oxygen atoms in total. The Labute approximate surface area is 124 Å². The number of halogens is 2. The third-order valence-electron chi connectivity index (χ3n) is 2.94. The molecule has 3 aromatic rings. The first-order chi connectivity index (χ1) is 9.65. The molecule has 0 aliphatic heterocycles. The van der Waals surface area contributed by atoms with E-state index in [1.165, 1.54) is 0 Å². The number of nitrogens with one attached hydrogen (secondary N) is 2. The van der Waals surface area contributed by atoms with Gasteiger partial charge in [-0.05, 0) is 30.3 Å². The SMILES string of the molecule is O=C(NCc1ccco1)c1cc2c(Cl)c(Cl)ccc2[nH]1. The standard InChI is InChI=1S/C14H10Cl2N2O2/c15-10-3-4-11-9(13(10)16)6-12(18-11)14(19)17-7-8-2-1-5-20-8/h1-6,18H,7H2,(H,17,19). The Morgan fingerprint density at radius 2 is 2.15 bits per heavy atom. The van der Waals surface area contributed by atoms with Crippen LogP contribution in [0.4, 0.5) is 0 Å². The summed E-state index contributed by atoms with van der Waals surface area (Å²) in [7, 11) is 0. The van der Waals surface area contributed by atoms with Crippen molar-refractivity contribution in [2.75, 3.05) is 0 Å². The average Bonchev–Trinajstić information content (AvgIpc) is 3.09. The molecule has 102 valence electrons. The smallest absolute Gasteiger partial charge is 0.268 e. The van der Waals surface area contributed by atoms with E-state index in [2.05, 4.69) is 10.3 Å². The second-order valence-electron chi connectivity index (χ2n) is 4.27. The second kappa shape index (κ2) is 5.23. The van der Waals surface area contributed by atoms with Crippen molar-refractivity contribution < 1.29 is 9.21 Å². The van der Waals surface area contributed by atoms with Crippen LogP contribution in [0.25, 0.3) is 10.9 Å². The van der Waals surface area contributed by atoms with Crippen LogP contribution in [0.5, 0.6) is 0 Å². The lowest BCUT2D eigenvalue weighted by molar-refractivity contribution is 0.0944. The van der Waals surface area contributed by atoms with Crippen molar-refractivity contribution >= 4 is 40.0 Å². The lowest BCUT2D eigenvalue weighted by Crippen LogP contribution is -2.22. The Kier molecular flexibility index (Phi) is 3.42. The monoisotopic (exact) mass is 308 g/mol. The first-order valence-corrected chi connectivity index (χ1v) is 6.68. The van der Waals surface area contributed by atoms with Crippen molar-refractivity contribution in [3.05, 3.63) is 58.1 Å². The lowest BCUT2D eigenvalue weighted by Gasteiger charge is -2.00. The molecule has 1 amide bonds.